The zero-order chi connectivity index (χ0) is 21.6. The van der Waals surface area contributed by atoms with Crippen molar-refractivity contribution in [1.29, 1.82) is 0 Å². The van der Waals surface area contributed by atoms with E-state index in [9.17, 15) is 9.18 Å². The second-order valence-electron chi connectivity index (χ2n) is 7.79. The van der Waals surface area contributed by atoms with E-state index in [4.69, 9.17) is 9.72 Å². The fraction of sp³-hybridized carbons (Fsp3) is 0.435. The van der Waals surface area contributed by atoms with Gasteiger partial charge in [0.05, 0.1) is 23.8 Å². The molecule has 4 rings (SSSR count). The van der Waals surface area contributed by atoms with Crippen molar-refractivity contribution in [2.45, 2.75) is 32.2 Å². The molecule has 1 aromatic carbocycles. The standard InChI is InChI=1S/C23H27FN4O2S/c1-30-11-10-28(23(29)21-14-25-16-31-21)15-18-12-17-6-7-19(24)13-20(17)26-22(18)27-8-4-2-3-5-9-27/h6-7,12-14,16H,2-5,8-11,15H2,1H3. The number of thiazole rings is 1. The van der Waals surface area contributed by atoms with E-state index in [0.29, 0.717) is 30.1 Å². The number of nitrogens with zero attached hydrogens (tertiary/aromatic N) is 4. The topological polar surface area (TPSA) is 58.6 Å². The van der Waals surface area contributed by atoms with Crippen LogP contribution in [0.2, 0.25) is 0 Å². The molecule has 6 nitrogen and oxygen atoms in total. The number of hydrogen-bond acceptors (Lipinski definition) is 6. The lowest BCUT2D eigenvalue weighted by atomic mass is 10.1. The summed E-state index contributed by atoms with van der Waals surface area (Å²) in [7, 11) is 1.63. The maximum atomic E-state index is 13.9. The van der Waals surface area contributed by atoms with E-state index in [0.717, 1.165) is 42.7 Å². The minimum atomic E-state index is -0.295. The molecule has 0 saturated carbocycles. The number of carbonyl (C=O) groups excluding carboxylic acids is 1. The molecule has 0 atom stereocenters. The minimum absolute atomic E-state index is 0.0689. The van der Waals surface area contributed by atoms with Crippen LogP contribution in [0.1, 0.15) is 40.9 Å². The largest absolute Gasteiger partial charge is 0.383 e. The molecule has 0 spiro atoms. The van der Waals surface area contributed by atoms with Crippen LogP contribution < -0.4 is 4.90 Å². The molecule has 31 heavy (non-hydrogen) atoms. The number of fused-ring (bicyclic) bond motifs is 1. The molecule has 8 heteroatoms. The molecule has 0 unspecified atom stereocenters. The van der Waals surface area contributed by atoms with E-state index in [-0.39, 0.29) is 11.7 Å². The van der Waals surface area contributed by atoms with Crippen LogP contribution in [0.5, 0.6) is 0 Å². The molecule has 1 aliphatic heterocycles. The highest BCUT2D eigenvalue weighted by Crippen LogP contribution is 2.28. The van der Waals surface area contributed by atoms with Gasteiger partial charge in [-0.3, -0.25) is 9.78 Å². The zero-order valence-corrected chi connectivity index (χ0v) is 18.5. The third-order valence-electron chi connectivity index (χ3n) is 5.60. The number of amides is 1. The molecular formula is C23H27FN4O2S. The number of aromatic nitrogens is 2. The normalized spacial score (nSPS) is 14.6. The molecule has 1 fully saturated rings. The van der Waals surface area contributed by atoms with E-state index < -0.39 is 0 Å². The highest BCUT2D eigenvalue weighted by atomic mass is 32.1. The SMILES string of the molecule is COCCN(Cc1cc2ccc(F)cc2nc1N1CCCCCC1)C(=O)c1cncs1. The second kappa shape index (κ2) is 10.2. The lowest BCUT2D eigenvalue weighted by molar-refractivity contribution is 0.0685. The summed E-state index contributed by atoms with van der Waals surface area (Å²) in [5.74, 6) is 0.483. The third kappa shape index (κ3) is 5.19. The smallest absolute Gasteiger partial charge is 0.265 e. The van der Waals surface area contributed by atoms with E-state index in [1.807, 2.05) is 6.07 Å². The van der Waals surface area contributed by atoms with Crippen molar-refractivity contribution in [3.63, 3.8) is 0 Å². The Morgan fingerprint density at radius 2 is 2.03 bits per heavy atom. The fourth-order valence-electron chi connectivity index (χ4n) is 3.98. The van der Waals surface area contributed by atoms with Crippen molar-refractivity contribution >= 4 is 34.0 Å². The highest BCUT2D eigenvalue weighted by Gasteiger charge is 2.22. The minimum Gasteiger partial charge on any atom is -0.383 e. The Labute approximate surface area is 185 Å². The van der Waals surface area contributed by atoms with Gasteiger partial charge in [0.15, 0.2) is 0 Å². The van der Waals surface area contributed by atoms with Gasteiger partial charge in [-0.2, -0.15) is 0 Å². The summed E-state index contributed by atoms with van der Waals surface area (Å²) < 4.78 is 19.1. The van der Waals surface area contributed by atoms with Crippen LogP contribution in [0.3, 0.4) is 0 Å². The first kappa shape index (κ1) is 21.6. The molecule has 1 amide bonds. The van der Waals surface area contributed by atoms with E-state index in [1.54, 1.807) is 29.8 Å². The second-order valence-corrected chi connectivity index (χ2v) is 8.68. The van der Waals surface area contributed by atoms with Crippen molar-refractivity contribution < 1.29 is 13.9 Å². The molecule has 0 N–H and O–H groups in total. The van der Waals surface area contributed by atoms with Crippen molar-refractivity contribution in [2.24, 2.45) is 0 Å². The van der Waals surface area contributed by atoms with Gasteiger partial charge in [0.2, 0.25) is 0 Å². The lowest BCUT2D eigenvalue weighted by Gasteiger charge is -2.28. The summed E-state index contributed by atoms with van der Waals surface area (Å²) in [4.78, 5) is 26.7. The predicted octanol–water partition coefficient (Wildman–Crippen LogP) is 4.50. The molecule has 0 bridgehead atoms. The number of halogens is 1. The van der Waals surface area contributed by atoms with Crippen LogP contribution in [0.4, 0.5) is 10.2 Å². The number of pyridine rings is 1. The van der Waals surface area contributed by atoms with E-state index in [1.165, 1.54) is 36.3 Å². The van der Waals surface area contributed by atoms with Gasteiger partial charge in [-0.25, -0.2) is 9.37 Å². The third-order valence-corrected chi connectivity index (χ3v) is 6.36. The van der Waals surface area contributed by atoms with Crippen molar-refractivity contribution in [3.05, 3.63) is 52.2 Å². The molecule has 0 radical (unpaired) electrons. The average molecular weight is 443 g/mol. The zero-order valence-electron chi connectivity index (χ0n) is 17.7. The number of anilines is 1. The molecule has 2 aromatic heterocycles. The summed E-state index contributed by atoms with van der Waals surface area (Å²) in [6.07, 6.45) is 6.23. The van der Waals surface area contributed by atoms with Gasteiger partial charge in [-0.05, 0) is 31.0 Å². The van der Waals surface area contributed by atoms with Crippen molar-refractivity contribution in [3.8, 4) is 0 Å². The van der Waals surface area contributed by atoms with E-state index >= 15 is 0 Å². The van der Waals surface area contributed by atoms with E-state index in [2.05, 4.69) is 9.88 Å². The first-order valence-electron chi connectivity index (χ1n) is 10.7. The maximum Gasteiger partial charge on any atom is 0.265 e. The summed E-state index contributed by atoms with van der Waals surface area (Å²) in [5, 5.41) is 0.868. The first-order chi connectivity index (χ1) is 15.2. The highest BCUT2D eigenvalue weighted by molar-refractivity contribution is 7.11. The quantitative estimate of drug-likeness (QED) is 0.539. The van der Waals surface area contributed by atoms with Crippen molar-refractivity contribution in [1.82, 2.24) is 14.9 Å². The summed E-state index contributed by atoms with van der Waals surface area (Å²) in [5.41, 5.74) is 3.27. The van der Waals surface area contributed by atoms with Crippen LogP contribution in [-0.2, 0) is 11.3 Å². The van der Waals surface area contributed by atoms with Crippen LogP contribution in [0.15, 0.2) is 36.0 Å². The Hall–Kier alpha value is -2.58. The molecule has 0 aliphatic carbocycles. The van der Waals surface area contributed by atoms with Gasteiger partial charge in [0.25, 0.3) is 5.91 Å². The summed E-state index contributed by atoms with van der Waals surface area (Å²) >= 11 is 1.33. The summed E-state index contributed by atoms with van der Waals surface area (Å²) in [6, 6.07) is 6.72. The Bertz CT molecular complexity index is 1020. The molecule has 1 saturated heterocycles. The lowest BCUT2D eigenvalue weighted by Crippen LogP contribution is -2.34. The number of carbonyl (C=O) groups is 1. The van der Waals surface area contributed by atoms with Gasteiger partial charge in [-0.1, -0.05) is 12.8 Å². The molecule has 3 aromatic rings. The molecule has 3 heterocycles. The van der Waals surface area contributed by atoms with Crippen LogP contribution >= 0.6 is 11.3 Å². The van der Waals surface area contributed by atoms with Crippen molar-refractivity contribution in [2.75, 3.05) is 38.3 Å². The fourth-order valence-corrected chi connectivity index (χ4v) is 4.57. The Morgan fingerprint density at radius 1 is 1.23 bits per heavy atom. The number of methoxy groups -OCH3 is 1. The van der Waals surface area contributed by atoms with Gasteiger partial charge >= 0.3 is 0 Å². The maximum absolute atomic E-state index is 13.9. The first-order valence-corrected chi connectivity index (χ1v) is 11.5. The molecule has 1 aliphatic rings. The Balaban J connectivity index is 1.72. The molecular weight excluding hydrogens is 415 g/mol. The van der Waals surface area contributed by atoms with Crippen LogP contribution in [0, 0.1) is 5.82 Å². The number of rotatable bonds is 7. The average Bonchev–Trinajstić information content (AvgIpc) is 3.18. The van der Waals surface area contributed by atoms with Gasteiger partial charge < -0.3 is 14.5 Å². The summed E-state index contributed by atoms with van der Waals surface area (Å²) in [6.45, 7) is 3.15. The van der Waals surface area contributed by atoms with Gasteiger partial charge in [0, 0.05) is 50.3 Å². The number of ether oxygens (including phenoxy) is 1. The van der Waals surface area contributed by atoms with Crippen LogP contribution in [0.25, 0.3) is 10.9 Å². The number of hydrogen-bond donors (Lipinski definition) is 0. The predicted molar refractivity (Wildman–Crippen MR) is 121 cm³/mol. The number of benzene rings is 1. The van der Waals surface area contributed by atoms with Gasteiger partial charge in [-0.15, -0.1) is 11.3 Å². The Kier molecular flexibility index (Phi) is 7.09. The molecule has 164 valence electrons. The Morgan fingerprint density at radius 3 is 2.74 bits per heavy atom. The van der Waals surface area contributed by atoms with Crippen LogP contribution in [-0.4, -0.2) is 54.1 Å². The van der Waals surface area contributed by atoms with Gasteiger partial charge in [0.1, 0.15) is 16.5 Å². The monoisotopic (exact) mass is 442 g/mol.